The van der Waals surface area contributed by atoms with Gasteiger partial charge >= 0.3 is 0 Å². The Kier molecular flexibility index (Phi) is 5.90. The number of rotatable bonds is 4. The van der Waals surface area contributed by atoms with Gasteiger partial charge in [0.25, 0.3) is 0 Å². The van der Waals surface area contributed by atoms with E-state index in [1.807, 2.05) is 0 Å². The second-order valence-electron chi connectivity index (χ2n) is 13.6. The Hall–Kier alpha value is -0.560. The fraction of sp³-hybridized carbons (Fsp3) is 0.867. The van der Waals surface area contributed by atoms with Gasteiger partial charge in [-0.05, 0) is 112 Å². The van der Waals surface area contributed by atoms with Gasteiger partial charge in [0, 0.05) is 5.41 Å². The third-order valence-electron chi connectivity index (χ3n) is 11.7. The van der Waals surface area contributed by atoms with Crippen LogP contribution < -0.4 is 0 Å². The Morgan fingerprint density at radius 3 is 2.35 bits per heavy atom. The first-order chi connectivity index (χ1) is 14.4. The van der Waals surface area contributed by atoms with Gasteiger partial charge in [-0.1, -0.05) is 64.8 Å². The maximum absolute atomic E-state index is 10.8. The lowest BCUT2D eigenvalue weighted by Crippen LogP contribution is -2.57. The molecule has 3 saturated carbocycles. The van der Waals surface area contributed by atoms with Crippen molar-refractivity contribution in [2.75, 3.05) is 0 Å². The summed E-state index contributed by atoms with van der Waals surface area (Å²) in [4.78, 5) is 0. The van der Waals surface area contributed by atoms with E-state index in [0.717, 1.165) is 30.1 Å². The van der Waals surface area contributed by atoms with E-state index in [9.17, 15) is 5.11 Å². The molecule has 0 aromatic carbocycles. The van der Waals surface area contributed by atoms with Crippen LogP contribution in [-0.2, 0) is 0 Å². The average molecular weight is 427 g/mol. The molecule has 4 aliphatic rings. The lowest BCUT2D eigenvalue weighted by molar-refractivity contribution is -0.124. The fourth-order valence-corrected chi connectivity index (χ4v) is 9.57. The SMILES string of the molecule is CC(C)=CCC[C@@H](C)[C@H]1CC[C@@]2(C)[C@@H]3CC=C4C(C)(C)[C@@H](O)CC[C@]4(C)[C@H]3CC[C@]12C. The van der Waals surface area contributed by atoms with Crippen molar-refractivity contribution < 1.29 is 5.11 Å². The number of aliphatic hydroxyl groups excluding tert-OH is 1. The van der Waals surface area contributed by atoms with Gasteiger partial charge in [0.05, 0.1) is 6.10 Å². The second kappa shape index (κ2) is 7.75. The van der Waals surface area contributed by atoms with Gasteiger partial charge in [-0.15, -0.1) is 0 Å². The monoisotopic (exact) mass is 426 g/mol. The van der Waals surface area contributed by atoms with Crippen LogP contribution >= 0.6 is 0 Å². The highest BCUT2D eigenvalue weighted by Gasteiger charge is 2.65. The molecule has 1 heteroatoms. The molecule has 1 N–H and O–H groups in total. The van der Waals surface area contributed by atoms with Crippen molar-refractivity contribution in [3.63, 3.8) is 0 Å². The zero-order valence-electron chi connectivity index (χ0n) is 21.9. The first-order valence-electron chi connectivity index (χ1n) is 13.4. The second-order valence-corrected chi connectivity index (χ2v) is 13.6. The predicted molar refractivity (Wildman–Crippen MR) is 133 cm³/mol. The first-order valence-corrected chi connectivity index (χ1v) is 13.4. The summed E-state index contributed by atoms with van der Waals surface area (Å²) in [5.41, 5.74) is 4.26. The van der Waals surface area contributed by atoms with E-state index in [2.05, 4.69) is 67.5 Å². The quantitative estimate of drug-likeness (QED) is 0.448. The van der Waals surface area contributed by atoms with Crippen molar-refractivity contribution in [2.24, 2.45) is 45.3 Å². The molecular weight excluding hydrogens is 376 g/mol. The Morgan fingerprint density at radius 1 is 1.00 bits per heavy atom. The summed E-state index contributed by atoms with van der Waals surface area (Å²) < 4.78 is 0. The third-order valence-corrected chi connectivity index (χ3v) is 11.7. The average Bonchev–Trinajstić information content (AvgIpc) is 2.96. The van der Waals surface area contributed by atoms with Gasteiger partial charge in [0.1, 0.15) is 0 Å². The molecule has 0 aliphatic heterocycles. The third kappa shape index (κ3) is 3.34. The molecule has 31 heavy (non-hydrogen) atoms. The standard InChI is InChI=1S/C30H50O/c1-20(2)10-9-11-21(3)22-14-18-30(8)24-12-13-25-27(4,5)26(31)16-17-28(25,6)23(24)15-19-29(22,30)7/h10,13,21-24,26,31H,9,11-12,14-19H2,1-8H3/t21-,22-,23+,24-,26+,28-,29-,30+/m1/s1. The molecule has 0 radical (unpaired) electrons. The van der Waals surface area contributed by atoms with E-state index in [1.165, 1.54) is 56.9 Å². The molecule has 1 nitrogen and oxygen atoms in total. The van der Waals surface area contributed by atoms with Gasteiger partial charge in [0.15, 0.2) is 0 Å². The number of aliphatic hydroxyl groups is 1. The van der Waals surface area contributed by atoms with E-state index in [4.69, 9.17) is 0 Å². The molecular formula is C30H50O. The van der Waals surface area contributed by atoms with E-state index in [-0.39, 0.29) is 11.5 Å². The molecule has 0 spiro atoms. The summed E-state index contributed by atoms with van der Waals surface area (Å²) in [7, 11) is 0. The highest BCUT2D eigenvalue weighted by molar-refractivity contribution is 5.32. The summed E-state index contributed by atoms with van der Waals surface area (Å²) >= 11 is 0. The normalized spacial score (nSPS) is 46.9. The Bertz CT molecular complexity index is 754. The topological polar surface area (TPSA) is 20.2 Å². The van der Waals surface area contributed by atoms with E-state index < -0.39 is 0 Å². The summed E-state index contributed by atoms with van der Waals surface area (Å²) in [5, 5.41) is 10.8. The molecule has 3 fully saturated rings. The van der Waals surface area contributed by atoms with E-state index >= 15 is 0 Å². The Balaban J connectivity index is 1.62. The van der Waals surface area contributed by atoms with Gasteiger partial charge in [0.2, 0.25) is 0 Å². The minimum Gasteiger partial charge on any atom is -0.392 e. The van der Waals surface area contributed by atoms with Crippen molar-refractivity contribution in [3.05, 3.63) is 23.3 Å². The molecule has 0 unspecified atom stereocenters. The van der Waals surface area contributed by atoms with E-state index in [1.54, 1.807) is 5.57 Å². The van der Waals surface area contributed by atoms with Crippen molar-refractivity contribution >= 4 is 0 Å². The van der Waals surface area contributed by atoms with Crippen LogP contribution in [0, 0.1) is 45.3 Å². The van der Waals surface area contributed by atoms with Crippen molar-refractivity contribution in [1.82, 2.24) is 0 Å². The minimum atomic E-state index is -0.176. The fourth-order valence-electron chi connectivity index (χ4n) is 9.57. The maximum Gasteiger partial charge on any atom is 0.0628 e. The molecule has 4 rings (SSSR count). The lowest BCUT2D eigenvalue weighted by Gasteiger charge is -2.64. The van der Waals surface area contributed by atoms with Crippen LogP contribution in [0.1, 0.15) is 113 Å². The lowest BCUT2D eigenvalue weighted by atomic mass is 9.40. The molecule has 4 aliphatic carbocycles. The van der Waals surface area contributed by atoms with Gasteiger partial charge < -0.3 is 5.11 Å². The predicted octanol–water partition coefficient (Wildman–Crippen LogP) is 8.34. The molecule has 8 atom stereocenters. The molecule has 0 aromatic heterocycles. The van der Waals surface area contributed by atoms with Crippen molar-refractivity contribution in [1.29, 1.82) is 0 Å². The maximum atomic E-state index is 10.8. The molecule has 0 amide bonds. The summed E-state index contributed by atoms with van der Waals surface area (Å²) in [6, 6.07) is 0. The number of hydrogen-bond acceptors (Lipinski definition) is 1. The first kappa shape index (κ1) is 23.6. The largest absolute Gasteiger partial charge is 0.392 e. The van der Waals surface area contributed by atoms with Crippen LogP contribution in [-0.4, -0.2) is 11.2 Å². The molecule has 0 heterocycles. The van der Waals surface area contributed by atoms with Crippen LogP contribution in [0.4, 0.5) is 0 Å². The van der Waals surface area contributed by atoms with Gasteiger partial charge in [-0.25, -0.2) is 0 Å². The van der Waals surface area contributed by atoms with E-state index in [0.29, 0.717) is 16.2 Å². The molecule has 0 bridgehead atoms. The Labute approximate surface area is 193 Å². The number of fused-ring (bicyclic) bond motifs is 5. The van der Waals surface area contributed by atoms with Crippen LogP contribution in [0.25, 0.3) is 0 Å². The number of hydrogen-bond donors (Lipinski definition) is 1. The summed E-state index contributed by atoms with van der Waals surface area (Å²) in [6.07, 6.45) is 16.6. The highest BCUT2D eigenvalue weighted by atomic mass is 16.3. The van der Waals surface area contributed by atoms with Crippen molar-refractivity contribution in [3.8, 4) is 0 Å². The van der Waals surface area contributed by atoms with Crippen molar-refractivity contribution in [2.45, 2.75) is 119 Å². The molecule has 0 saturated heterocycles. The van der Waals surface area contributed by atoms with Crippen LogP contribution in [0.5, 0.6) is 0 Å². The summed E-state index contributed by atoms with van der Waals surface area (Å²) in [6.45, 7) is 19.6. The molecule has 176 valence electrons. The van der Waals surface area contributed by atoms with Gasteiger partial charge in [-0.2, -0.15) is 0 Å². The van der Waals surface area contributed by atoms with Crippen LogP contribution in [0.3, 0.4) is 0 Å². The summed E-state index contributed by atoms with van der Waals surface area (Å²) in [5.74, 6) is 3.33. The van der Waals surface area contributed by atoms with Crippen LogP contribution in [0.2, 0.25) is 0 Å². The zero-order valence-corrected chi connectivity index (χ0v) is 21.9. The number of allylic oxidation sites excluding steroid dienone is 3. The smallest absolute Gasteiger partial charge is 0.0628 e. The van der Waals surface area contributed by atoms with Crippen LogP contribution in [0.15, 0.2) is 23.3 Å². The zero-order chi connectivity index (χ0) is 22.8. The minimum absolute atomic E-state index is 0.0583. The molecule has 0 aromatic rings. The van der Waals surface area contributed by atoms with Gasteiger partial charge in [-0.3, -0.25) is 0 Å². The Morgan fingerprint density at radius 2 is 1.68 bits per heavy atom. The highest BCUT2D eigenvalue weighted by Crippen LogP contribution is 2.73.